The van der Waals surface area contributed by atoms with Crippen molar-refractivity contribution in [1.29, 1.82) is 0 Å². The second-order valence-electron chi connectivity index (χ2n) is 7.40. The zero-order valence-corrected chi connectivity index (χ0v) is 17.7. The first-order chi connectivity index (χ1) is 14.1. The summed E-state index contributed by atoms with van der Waals surface area (Å²) < 4.78 is 6.98. The Hall–Kier alpha value is -2.54. The van der Waals surface area contributed by atoms with Gasteiger partial charge in [-0.05, 0) is 55.7 Å². The van der Waals surface area contributed by atoms with Gasteiger partial charge >= 0.3 is 0 Å². The van der Waals surface area contributed by atoms with Crippen LogP contribution < -0.4 is 15.0 Å². The van der Waals surface area contributed by atoms with Gasteiger partial charge in [-0.1, -0.05) is 28.1 Å². The molecule has 2 aromatic carbocycles. The first-order valence-corrected chi connectivity index (χ1v) is 10.7. The Labute approximate surface area is 178 Å². The molecule has 4 rings (SSSR count). The lowest BCUT2D eigenvalue weighted by molar-refractivity contribution is -0.139. The van der Waals surface area contributed by atoms with Crippen LogP contribution in [0.15, 0.2) is 53.0 Å². The molecule has 2 aliphatic rings. The molecule has 6 nitrogen and oxygen atoms in total. The van der Waals surface area contributed by atoms with Crippen LogP contribution >= 0.6 is 15.9 Å². The summed E-state index contributed by atoms with van der Waals surface area (Å²) in [4.78, 5) is 29.5. The summed E-state index contributed by atoms with van der Waals surface area (Å²) in [5.41, 5.74) is 1.57. The second-order valence-corrected chi connectivity index (χ2v) is 8.31. The SMILES string of the molecule is O=C(CN1C[C@H](C(=O)N2CCCCC2)Oc2ccccc21)Nc1ccc(Br)cc1. The molecule has 0 aliphatic carbocycles. The van der Waals surface area contributed by atoms with Crippen molar-refractivity contribution in [3.05, 3.63) is 53.0 Å². The highest BCUT2D eigenvalue weighted by Gasteiger charge is 2.34. The van der Waals surface area contributed by atoms with Crippen LogP contribution in [0, 0.1) is 0 Å². The number of halogens is 1. The van der Waals surface area contributed by atoms with Crippen molar-refractivity contribution >= 4 is 39.1 Å². The highest BCUT2D eigenvalue weighted by Crippen LogP contribution is 2.33. The molecule has 0 radical (unpaired) electrons. The van der Waals surface area contributed by atoms with Gasteiger partial charge < -0.3 is 19.9 Å². The molecular formula is C22H24BrN3O3. The Morgan fingerprint density at radius 1 is 1.03 bits per heavy atom. The molecule has 2 amide bonds. The van der Waals surface area contributed by atoms with Gasteiger partial charge in [0, 0.05) is 23.2 Å². The quantitative estimate of drug-likeness (QED) is 0.760. The molecule has 1 saturated heterocycles. The van der Waals surface area contributed by atoms with Crippen molar-refractivity contribution in [3.8, 4) is 5.75 Å². The van der Waals surface area contributed by atoms with Crippen molar-refractivity contribution in [2.75, 3.05) is 36.4 Å². The maximum absolute atomic E-state index is 13.0. The van der Waals surface area contributed by atoms with E-state index in [1.807, 2.05) is 58.3 Å². The zero-order chi connectivity index (χ0) is 20.2. The monoisotopic (exact) mass is 457 g/mol. The van der Waals surface area contributed by atoms with E-state index in [1.165, 1.54) is 6.42 Å². The number of anilines is 2. The van der Waals surface area contributed by atoms with Crippen molar-refractivity contribution < 1.29 is 14.3 Å². The lowest BCUT2D eigenvalue weighted by Crippen LogP contribution is -2.52. The molecule has 0 aromatic heterocycles. The number of carbonyl (C=O) groups excluding carboxylic acids is 2. The minimum atomic E-state index is -0.594. The van der Waals surface area contributed by atoms with Crippen molar-refractivity contribution in [2.45, 2.75) is 25.4 Å². The molecule has 0 spiro atoms. The molecule has 7 heteroatoms. The molecular weight excluding hydrogens is 434 g/mol. The number of likely N-dealkylation sites (tertiary alicyclic amines) is 1. The summed E-state index contributed by atoms with van der Waals surface area (Å²) in [6.07, 6.45) is 2.65. The fraction of sp³-hybridized carbons (Fsp3) is 0.364. The fourth-order valence-corrected chi connectivity index (χ4v) is 4.07. The van der Waals surface area contributed by atoms with Gasteiger partial charge in [0.25, 0.3) is 5.91 Å². The number of hydrogen-bond donors (Lipinski definition) is 1. The van der Waals surface area contributed by atoms with Crippen LogP contribution in [0.3, 0.4) is 0 Å². The average molecular weight is 458 g/mol. The number of rotatable bonds is 4. The molecule has 2 heterocycles. The minimum absolute atomic E-state index is 0.0116. The number of benzene rings is 2. The van der Waals surface area contributed by atoms with Crippen LogP contribution in [0.25, 0.3) is 0 Å². The largest absolute Gasteiger partial charge is 0.477 e. The highest BCUT2D eigenvalue weighted by atomic mass is 79.9. The number of para-hydroxylation sites is 2. The Morgan fingerprint density at radius 2 is 1.76 bits per heavy atom. The summed E-state index contributed by atoms with van der Waals surface area (Å²) in [7, 11) is 0. The zero-order valence-electron chi connectivity index (χ0n) is 16.1. The molecule has 29 heavy (non-hydrogen) atoms. The molecule has 0 bridgehead atoms. The molecule has 2 aromatic rings. The van der Waals surface area contributed by atoms with Gasteiger partial charge in [-0.3, -0.25) is 9.59 Å². The standard InChI is InChI=1S/C22H24BrN3O3/c23-16-8-10-17(11-9-16)24-21(27)15-26-14-20(22(28)25-12-4-1-5-13-25)29-19-7-3-2-6-18(19)26/h2-3,6-11,20H,1,4-5,12-15H2,(H,24,27)/t20-/m1/s1. The van der Waals surface area contributed by atoms with Gasteiger partial charge in [0.2, 0.25) is 5.91 Å². The Morgan fingerprint density at radius 3 is 2.52 bits per heavy atom. The van der Waals surface area contributed by atoms with Crippen molar-refractivity contribution in [1.82, 2.24) is 4.90 Å². The third kappa shape index (κ3) is 4.72. The number of carbonyl (C=O) groups is 2. The number of piperidine rings is 1. The molecule has 152 valence electrons. The molecule has 1 fully saturated rings. The van der Waals surface area contributed by atoms with E-state index >= 15 is 0 Å². The van der Waals surface area contributed by atoms with Crippen LogP contribution in [-0.4, -0.2) is 49.0 Å². The van der Waals surface area contributed by atoms with E-state index in [-0.39, 0.29) is 18.4 Å². The van der Waals surface area contributed by atoms with Gasteiger partial charge in [0.05, 0.1) is 18.8 Å². The summed E-state index contributed by atoms with van der Waals surface area (Å²) in [5.74, 6) is 0.524. The number of ether oxygens (including phenoxy) is 1. The summed E-state index contributed by atoms with van der Waals surface area (Å²) in [5, 5.41) is 2.92. The summed E-state index contributed by atoms with van der Waals surface area (Å²) in [6, 6.07) is 15.0. The predicted molar refractivity (Wildman–Crippen MR) is 116 cm³/mol. The smallest absolute Gasteiger partial charge is 0.265 e. The van der Waals surface area contributed by atoms with E-state index in [1.54, 1.807) is 0 Å². The Balaban J connectivity index is 1.48. The van der Waals surface area contributed by atoms with Crippen LogP contribution in [0.2, 0.25) is 0 Å². The van der Waals surface area contributed by atoms with Gasteiger partial charge in [-0.15, -0.1) is 0 Å². The topological polar surface area (TPSA) is 61.9 Å². The van der Waals surface area contributed by atoms with Gasteiger partial charge in [0.1, 0.15) is 5.75 Å². The predicted octanol–water partition coefficient (Wildman–Crippen LogP) is 3.67. The molecule has 0 saturated carbocycles. The number of hydrogen-bond acceptors (Lipinski definition) is 4. The van der Waals surface area contributed by atoms with Crippen molar-refractivity contribution in [2.24, 2.45) is 0 Å². The maximum atomic E-state index is 13.0. The average Bonchev–Trinajstić information content (AvgIpc) is 2.75. The third-order valence-corrected chi connectivity index (χ3v) is 5.80. The Kier molecular flexibility index (Phi) is 6.04. The Bertz CT molecular complexity index is 881. The van der Waals surface area contributed by atoms with Crippen LogP contribution in [-0.2, 0) is 9.59 Å². The van der Waals surface area contributed by atoms with E-state index in [0.29, 0.717) is 12.3 Å². The van der Waals surface area contributed by atoms with Crippen LogP contribution in [0.5, 0.6) is 5.75 Å². The number of amides is 2. The highest BCUT2D eigenvalue weighted by molar-refractivity contribution is 9.10. The summed E-state index contributed by atoms with van der Waals surface area (Å²) >= 11 is 3.39. The molecule has 0 unspecified atom stereocenters. The van der Waals surface area contributed by atoms with E-state index in [0.717, 1.165) is 41.8 Å². The molecule has 1 N–H and O–H groups in total. The minimum Gasteiger partial charge on any atom is -0.477 e. The lowest BCUT2D eigenvalue weighted by Gasteiger charge is -2.38. The van der Waals surface area contributed by atoms with E-state index < -0.39 is 6.10 Å². The van der Waals surface area contributed by atoms with E-state index in [4.69, 9.17) is 4.74 Å². The third-order valence-electron chi connectivity index (χ3n) is 5.27. The fourth-order valence-electron chi connectivity index (χ4n) is 3.81. The maximum Gasteiger partial charge on any atom is 0.265 e. The van der Waals surface area contributed by atoms with Crippen LogP contribution in [0.4, 0.5) is 11.4 Å². The van der Waals surface area contributed by atoms with Gasteiger partial charge in [-0.25, -0.2) is 0 Å². The first kappa shape index (κ1) is 19.8. The lowest BCUT2D eigenvalue weighted by atomic mass is 10.1. The van der Waals surface area contributed by atoms with E-state index in [9.17, 15) is 9.59 Å². The van der Waals surface area contributed by atoms with E-state index in [2.05, 4.69) is 21.2 Å². The molecule has 2 aliphatic heterocycles. The summed E-state index contributed by atoms with van der Waals surface area (Å²) in [6.45, 7) is 2.08. The number of nitrogens with one attached hydrogen (secondary N) is 1. The first-order valence-electron chi connectivity index (χ1n) is 9.95. The second kappa shape index (κ2) is 8.86. The number of nitrogens with zero attached hydrogens (tertiary/aromatic N) is 2. The normalized spacial score (nSPS) is 18.6. The van der Waals surface area contributed by atoms with Crippen LogP contribution in [0.1, 0.15) is 19.3 Å². The van der Waals surface area contributed by atoms with Gasteiger partial charge in [0.15, 0.2) is 6.10 Å². The van der Waals surface area contributed by atoms with Gasteiger partial charge in [-0.2, -0.15) is 0 Å². The van der Waals surface area contributed by atoms with Crippen molar-refractivity contribution in [3.63, 3.8) is 0 Å². The molecule has 1 atom stereocenters. The number of fused-ring (bicyclic) bond motifs is 1.